The minimum Gasteiger partial charge on any atom is -0.387 e. The van der Waals surface area contributed by atoms with Gasteiger partial charge in [-0.15, -0.1) is 0 Å². The summed E-state index contributed by atoms with van der Waals surface area (Å²) in [6, 6.07) is -0.867. The molecule has 0 saturated heterocycles. The molecule has 67 heavy (non-hydrogen) atoms. The van der Waals surface area contributed by atoms with Crippen molar-refractivity contribution in [1.29, 1.82) is 0 Å². The van der Waals surface area contributed by atoms with Gasteiger partial charge in [0.05, 0.1) is 39.9 Å². The molecule has 0 aromatic carbocycles. The number of phosphoric ester groups is 1. The number of amides is 1. The SMILES string of the molecule is CCCCCCCC/C=C\CCCCCCCC(=O)NC(COP(=O)(O)OCC[N+](C)(C)C)C(O)/C=C/CC/C=C/CCCCCCCCCCCCCCCCCCCCCCCCCC. The van der Waals surface area contributed by atoms with Gasteiger partial charge in [-0.1, -0.05) is 249 Å². The second-order valence-corrected chi connectivity index (χ2v) is 22.5. The lowest BCUT2D eigenvalue weighted by Gasteiger charge is -2.25. The fourth-order valence-corrected chi connectivity index (χ4v) is 9.26. The molecule has 3 N–H and O–H groups in total. The number of allylic oxidation sites excluding steroid dienone is 5. The molecule has 0 aliphatic heterocycles. The van der Waals surface area contributed by atoms with Crippen LogP contribution >= 0.6 is 7.82 Å². The summed E-state index contributed by atoms with van der Waals surface area (Å²) in [4.78, 5) is 23.2. The third-order valence-corrected chi connectivity index (χ3v) is 14.1. The molecule has 0 aliphatic rings. The summed E-state index contributed by atoms with van der Waals surface area (Å²) < 4.78 is 23.7. The monoisotopic (exact) mass is 966 g/mol. The zero-order chi connectivity index (χ0) is 49.2. The highest BCUT2D eigenvalue weighted by Gasteiger charge is 2.27. The van der Waals surface area contributed by atoms with Crippen molar-refractivity contribution in [1.82, 2.24) is 5.32 Å². The molecule has 3 atom stereocenters. The second kappa shape index (κ2) is 49.7. The van der Waals surface area contributed by atoms with Crippen LogP contribution in [0.3, 0.4) is 0 Å². The number of carbonyl (C=O) groups excluding carboxylic acids is 1. The van der Waals surface area contributed by atoms with E-state index >= 15 is 0 Å². The normalized spacial score (nSPS) is 14.2. The molecule has 9 heteroatoms. The average molecular weight is 967 g/mol. The molecule has 1 amide bonds. The van der Waals surface area contributed by atoms with E-state index in [1.54, 1.807) is 6.08 Å². The number of rotatable bonds is 53. The van der Waals surface area contributed by atoms with E-state index in [1.807, 2.05) is 27.2 Å². The molecule has 0 aromatic heterocycles. The Balaban J connectivity index is 4.17. The Kier molecular flexibility index (Phi) is 48.7. The van der Waals surface area contributed by atoms with Gasteiger partial charge >= 0.3 is 7.82 Å². The number of nitrogens with zero attached hydrogens (tertiary/aromatic N) is 1. The number of likely N-dealkylation sites (N-methyl/N-ethyl adjacent to an activating group) is 1. The van der Waals surface area contributed by atoms with Crippen LogP contribution in [0, 0.1) is 0 Å². The van der Waals surface area contributed by atoms with E-state index in [0.717, 1.165) is 51.4 Å². The lowest BCUT2D eigenvalue weighted by molar-refractivity contribution is -0.870. The molecule has 0 spiro atoms. The highest BCUT2D eigenvalue weighted by Crippen LogP contribution is 2.43. The summed E-state index contributed by atoms with van der Waals surface area (Å²) >= 11 is 0. The molecule has 0 saturated carbocycles. The maximum absolute atomic E-state index is 12.9. The van der Waals surface area contributed by atoms with E-state index in [-0.39, 0.29) is 19.1 Å². The number of aliphatic hydroxyl groups excluding tert-OH is 1. The van der Waals surface area contributed by atoms with Gasteiger partial charge in [0, 0.05) is 6.42 Å². The van der Waals surface area contributed by atoms with Gasteiger partial charge in [0.2, 0.25) is 5.91 Å². The number of phosphoric acid groups is 1. The van der Waals surface area contributed by atoms with Crippen molar-refractivity contribution >= 4 is 13.7 Å². The molecule has 0 radical (unpaired) electrons. The average Bonchev–Trinajstić information content (AvgIpc) is 3.29. The Bertz CT molecular complexity index is 1190. The van der Waals surface area contributed by atoms with Gasteiger partial charge in [0.1, 0.15) is 13.2 Å². The molecule has 0 fully saturated rings. The summed E-state index contributed by atoms with van der Waals surface area (Å²) in [6.45, 7) is 4.81. The molecule has 0 bridgehead atoms. The summed E-state index contributed by atoms with van der Waals surface area (Å²) in [5, 5.41) is 13.9. The Morgan fingerprint density at radius 3 is 1.19 bits per heavy atom. The van der Waals surface area contributed by atoms with Gasteiger partial charge in [-0.25, -0.2) is 4.57 Å². The van der Waals surface area contributed by atoms with Crippen molar-refractivity contribution in [3.8, 4) is 0 Å². The van der Waals surface area contributed by atoms with E-state index in [4.69, 9.17) is 9.05 Å². The number of aliphatic hydroxyl groups is 1. The van der Waals surface area contributed by atoms with Crippen molar-refractivity contribution in [2.75, 3.05) is 40.9 Å². The number of carbonyl (C=O) groups is 1. The zero-order valence-corrected chi connectivity index (χ0v) is 46.0. The Hall–Kier alpha value is -1.28. The summed E-state index contributed by atoms with van der Waals surface area (Å²) in [5.74, 6) is -0.193. The first-order valence-electron chi connectivity index (χ1n) is 28.9. The first kappa shape index (κ1) is 65.7. The first-order valence-corrected chi connectivity index (χ1v) is 30.4. The molecule has 0 heterocycles. The summed E-state index contributed by atoms with van der Waals surface area (Å²) in [6.07, 6.45) is 64.1. The predicted molar refractivity (Wildman–Crippen MR) is 291 cm³/mol. The smallest absolute Gasteiger partial charge is 0.387 e. The molecule has 0 aliphatic carbocycles. The lowest BCUT2D eigenvalue weighted by atomic mass is 10.0. The van der Waals surface area contributed by atoms with Crippen LogP contribution in [-0.4, -0.2) is 73.4 Å². The second-order valence-electron chi connectivity index (χ2n) is 21.0. The third-order valence-electron chi connectivity index (χ3n) is 13.1. The molecular weight excluding hydrogens is 852 g/mol. The number of hydrogen-bond acceptors (Lipinski definition) is 5. The van der Waals surface area contributed by atoms with Crippen LogP contribution in [0.15, 0.2) is 36.5 Å². The Morgan fingerprint density at radius 2 is 0.821 bits per heavy atom. The summed E-state index contributed by atoms with van der Waals surface area (Å²) in [5.41, 5.74) is 0. The number of hydrogen-bond donors (Lipinski definition) is 3. The highest BCUT2D eigenvalue weighted by atomic mass is 31.2. The van der Waals surface area contributed by atoms with Crippen LogP contribution in [0.5, 0.6) is 0 Å². The van der Waals surface area contributed by atoms with E-state index < -0.39 is 20.0 Å². The van der Waals surface area contributed by atoms with Crippen LogP contribution in [0.2, 0.25) is 0 Å². The van der Waals surface area contributed by atoms with E-state index in [2.05, 4.69) is 43.5 Å². The van der Waals surface area contributed by atoms with Gasteiger partial charge < -0.3 is 19.8 Å². The van der Waals surface area contributed by atoms with Crippen LogP contribution in [-0.2, 0) is 18.4 Å². The van der Waals surface area contributed by atoms with Crippen LogP contribution < -0.4 is 5.32 Å². The van der Waals surface area contributed by atoms with Crippen molar-refractivity contribution in [2.24, 2.45) is 0 Å². The standard InChI is InChI=1S/C58H113N2O6P/c1-6-8-10-12-14-16-18-20-22-23-24-25-26-27-28-29-30-31-32-33-34-35-36-38-39-41-43-45-47-49-51-57(61)56(55-66-67(63,64)65-54-53-60(3,4)5)59-58(62)52-50-48-46-44-42-40-37-21-19-17-15-13-11-9-7-2/h21,37,41,43,49,51,56-57,61H,6-20,22-36,38-40,42,44-48,50,52-55H2,1-5H3,(H-,59,62,63,64)/p+1/b37-21-,43-41+,51-49+. The van der Waals surface area contributed by atoms with Gasteiger partial charge in [-0.2, -0.15) is 0 Å². The van der Waals surface area contributed by atoms with Crippen molar-refractivity contribution in [3.05, 3.63) is 36.5 Å². The lowest BCUT2D eigenvalue weighted by Crippen LogP contribution is -2.45. The largest absolute Gasteiger partial charge is 0.472 e. The maximum atomic E-state index is 12.9. The van der Waals surface area contributed by atoms with Gasteiger partial charge in [0.25, 0.3) is 0 Å². The zero-order valence-electron chi connectivity index (χ0n) is 45.2. The highest BCUT2D eigenvalue weighted by molar-refractivity contribution is 7.47. The first-order chi connectivity index (χ1) is 32.5. The van der Waals surface area contributed by atoms with E-state index in [0.29, 0.717) is 17.4 Å². The number of nitrogens with one attached hydrogen (secondary N) is 1. The fraction of sp³-hybridized carbons (Fsp3) is 0.879. The molecule has 0 aromatic rings. The van der Waals surface area contributed by atoms with Crippen molar-refractivity contribution < 1.29 is 32.9 Å². The molecule has 0 rings (SSSR count). The van der Waals surface area contributed by atoms with Crippen LogP contribution in [0.1, 0.15) is 277 Å². The minimum atomic E-state index is -4.35. The molecular formula is C58H114N2O6P+. The van der Waals surface area contributed by atoms with Crippen LogP contribution in [0.25, 0.3) is 0 Å². The third kappa shape index (κ3) is 52.4. The van der Waals surface area contributed by atoms with Crippen molar-refractivity contribution in [2.45, 2.75) is 289 Å². The number of quaternary nitrogens is 1. The van der Waals surface area contributed by atoms with E-state index in [1.165, 1.54) is 205 Å². The molecule has 396 valence electrons. The topological polar surface area (TPSA) is 105 Å². The molecule has 3 unspecified atom stereocenters. The fourth-order valence-electron chi connectivity index (χ4n) is 8.53. The number of unbranched alkanes of at least 4 members (excludes halogenated alkanes) is 36. The Morgan fingerprint density at radius 1 is 0.493 bits per heavy atom. The van der Waals surface area contributed by atoms with Gasteiger partial charge in [-0.3, -0.25) is 13.8 Å². The summed E-state index contributed by atoms with van der Waals surface area (Å²) in [7, 11) is 1.56. The molecule has 8 nitrogen and oxygen atoms in total. The van der Waals surface area contributed by atoms with E-state index in [9.17, 15) is 19.4 Å². The van der Waals surface area contributed by atoms with Crippen LogP contribution in [0.4, 0.5) is 0 Å². The minimum absolute atomic E-state index is 0.0550. The van der Waals surface area contributed by atoms with Gasteiger partial charge in [0.15, 0.2) is 0 Å². The maximum Gasteiger partial charge on any atom is 0.472 e. The van der Waals surface area contributed by atoms with Crippen molar-refractivity contribution in [3.63, 3.8) is 0 Å². The van der Waals surface area contributed by atoms with Gasteiger partial charge in [-0.05, 0) is 57.8 Å². The predicted octanol–water partition coefficient (Wildman–Crippen LogP) is 17.4. The quantitative estimate of drug-likeness (QED) is 0.0243. The Labute approximate surface area is 417 Å².